The van der Waals surface area contributed by atoms with Gasteiger partial charge in [0.25, 0.3) is 0 Å². The van der Waals surface area contributed by atoms with Crippen LogP contribution in [0.3, 0.4) is 0 Å². The Balaban J connectivity index is 1.74. The minimum absolute atomic E-state index is 0.0718. The summed E-state index contributed by atoms with van der Waals surface area (Å²) < 4.78 is 0. The summed E-state index contributed by atoms with van der Waals surface area (Å²) >= 11 is 0. The van der Waals surface area contributed by atoms with E-state index in [1.54, 1.807) is 18.0 Å². The highest BCUT2D eigenvalue weighted by Crippen LogP contribution is 2.43. The first-order chi connectivity index (χ1) is 13.0. The summed E-state index contributed by atoms with van der Waals surface area (Å²) in [5.74, 6) is 0.450. The van der Waals surface area contributed by atoms with Crippen LogP contribution in [0.1, 0.15) is 11.1 Å². The van der Waals surface area contributed by atoms with Crippen molar-refractivity contribution in [3.8, 4) is 0 Å². The highest BCUT2D eigenvalue weighted by molar-refractivity contribution is 5.84. The standard InChI is InChI=1S/C22H22N4O/c1-16-24-22(18-10-7-11-19(12-18)23-2)15-26(13-17-8-5-4-6-9-17)14-20(22)21(27)25(16)3/h4-12,20,24H,1,13-15H2,3H3/t20-,22+/m0/s1. The third-order valence-electron chi connectivity index (χ3n) is 5.65. The lowest BCUT2D eigenvalue weighted by Gasteiger charge is -2.44. The number of benzene rings is 2. The Morgan fingerprint density at radius 3 is 2.78 bits per heavy atom. The first kappa shape index (κ1) is 17.3. The Kier molecular flexibility index (Phi) is 4.21. The molecule has 2 aliphatic heterocycles. The van der Waals surface area contributed by atoms with Crippen molar-refractivity contribution in [2.24, 2.45) is 5.92 Å². The van der Waals surface area contributed by atoms with E-state index in [0.29, 0.717) is 24.6 Å². The summed E-state index contributed by atoms with van der Waals surface area (Å²) in [7, 11) is 1.76. The number of carbonyl (C=O) groups excluding carboxylic acids is 1. The number of amides is 1. The highest BCUT2D eigenvalue weighted by atomic mass is 16.2. The molecule has 0 spiro atoms. The molecule has 27 heavy (non-hydrogen) atoms. The van der Waals surface area contributed by atoms with E-state index in [-0.39, 0.29) is 11.8 Å². The van der Waals surface area contributed by atoms with E-state index < -0.39 is 5.54 Å². The van der Waals surface area contributed by atoms with Gasteiger partial charge in [-0.2, -0.15) is 0 Å². The minimum atomic E-state index is -0.559. The number of likely N-dealkylation sites (tertiary alicyclic amines) is 1. The maximum atomic E-state index is 13.1. The minimum Gasteiger partial charge on any atom is -0.360 e. The molecule has 2 heterocycles. The molecular weight excluding hydrogens is 336 g/mol. The maximum absolute atomic E-state index is 13.1. The van der Waals surface area contributed by atoms with Crippen molar-refractivity contribution in [3.63, 3.8) is 0 Å². The molecule has 0 unspecified atom stereocenters. The van der Waals surface area contributed by atoms with E-state index in [1.807, 2.05) is 36.4 Å². The largest absolute Gasteiger partial charge is 0.360 e. The van der Waals surface area contributed by atoms with Crippen LogP contribution in [0.15, 0.2) is 67.0 Å². The molecule has 2 atom stereocenters. The number of carbonyl (C=O) groups is 1. The SMILES string of the molecule is [C-]#[N+]c1cccc([C@]23CN(Cc4ccccc4)C[C@H]2C(=O)N(C)C(=C)N3)c1. The molecule has 2 saturated heterocycles. The normalized spacial score (nSPS) is 25.0. The van der Waals surface area contributed by atoms with Gasteiger partial charge >= 0.3 is 0 Å². The Morgan fingerprint density at radius 2 is 2.04 bits per heavy atom. The van der Waals surface area contributed by atoms with Gasteiger partial charge < -0.3 is 10.2 Å². The second kappa shape index (κ2) is 6.57. The van der Waals surface area contributed by atoms with E-state index in [1.165, 1.54) is 5.56 Å². The van der Waals surface area contributed by atoms with Crippen LogP contribution in [0.5, 0.6) is 0 Å². The van der Waals surface area contributed by atoms with Gasteiger partial charge in [0.05, 0.1) is 18.0 Å². The Bertz CT molecular complexity index is 933. The van der Waals surface area contributed by atoms with Crippen LogP contribution >= 0.6 is 0 Å². The van der Waals surface area contributed by atoms with Crippen LogP contribution in [0, 0.1) is 12.5 Å². The zero-order valence-corrected chi connectivity index (χ0v) is 15.4. The first-order valence-electron chi connectivity index (χ1n) is 9.02. The molecule has 2 aromatic rings. The molecule has 0 aliphatic carbocycles. The lowest BCUT2D eigenvalue weighted by Crippen LogP contribution is -2.60. The quantitative estimate of drug-likeness (QED) is 0.857. The fourth-order valence-corrected chi connectivity index (χ4v) is 4.24. The molecule has 0 bridgehead atoms. The van der Waals surface area contributed by atoms with Gasteiger partial charge in [0.1, 0.15) is 5.82 Å². The van der Waals surface area contributed by atoms with E-state index in [9.17, 15) is 4.79 Å². The fourth-order valence-electron chi connectivity index (χ4n) is 4.24. The van der Waals surface area contributed by atoms with Gasteiger partial charge in [-0.1, -0.05) is 61.2 Å². The van der Waals surface area contributed by atoms with Gasteiger partial charge in [-0.25, -0.2) is 4.85 Å². The second-order valence-electron chi connectivity index (χ2n) is 7.31. The Hall–Kier alpha value is -3.10. The van der Waals surface area contributed by atoms with E-state index in [4.69, 9.17) is 6.57 Å². The molecule has 0 saturated carbocycles. The zero-order valence-electron chi connectivity index (χ0n) is 15.4. The highest BCUT2D eigenvalue weighted by Gasteiger charge is 2.55. The van der Waals surface area contributed by atoms with Crippen molar-refractivity contribution in [3.05, 3.63) is 89.5 Å². The molecule has 5 nitrogen and oxygen atoms in total. The second-order valence-corrected chi connectivity index (χ2v) is 7.31. The number of rotatable bonds is 3. The monoisotopic (exact) mass is 358 g/mol. The zero-order chi connectivity index (χ0) is 19.0. The number of nitrogens with one attached hydrogen (secondary N) is 1. The Morgan fingerprint density at radius 1 is 1.26 bits per heavy atom. The van der Waals surface area contributed by atoms with Crippen molar-refractivity contribution in [2.75, 3.05) is 20.1 Å². The van der Waals surface area contributed by atoms with Gasteiger partial charge in [-0.05, 0) is 11.1 Å². The number of hydrogen-bond acceptors (Lipinski definition) is 3. The smallest absolute Gasteiger partial charge is 0.234 e. The van der Waals surface area contributed by atoms with Crippen LogP contribution in [-0.4, -0.2) is 35.8 Å². The van der Waals surface area contributed by atoms with E-state index >= 15 is 0 Å². The lowest BCUT2D eigenvalue weighted by molar-refractivity contribution is -0.137. The maximum Gasteiger partial charge on any atom is 0.234 e. The van der Waals surface area contributed by atoms with Crippen molar-refractivity contribution >= 4 is 11.6 Å². The molecule has 0 radical (unpaired) electrons. The van der Waals surface area contributed by atoms with Crippen molar-refractivity contribution < 1.29 is 4.79 Å². The van der Waals surface area contributed by atoms with Crippen LogP contribution in [-0.2, 0) is 16.9 Å². The molecule has 1 N–H and O–H groups in total. The van der Waals surface area contributed by atoms with Crippen molar-refractivity contribution in [1.29, 1.82) is 0 Å². The molecule has 1 amide bonds. The summed E-state index contributed by atoms with van der Waals surface area (Å²) in [4.78, 5) is 20.6. The van der Waals surface area contributed by atoms with Gasteiger partial charge in [-0.3, -0.25) is 9.69 Å². The number of fused-ring (bicyclic) bond motifs is 1. The molecule has 2 aromatic carbocycles. The summed E-state index contributed by atoms with van der Waals surface area (Å²) in [6, 6.07) is 17.9. The van der Waals surface area contributed by atoms with Crippen LogP contribution in [0.4, 0.5) is 5.69 Å². The topological polar surface area (TPSA) is 39.9 Å². The molecule has 2 fully saturated rings. The first-order valence-corrected chi connectivity index (χ1v) is 9.02. The molecule has 5 heteroatoms. The number of hydrogen-bond donors (Lipinski definition) is 1. The fraction of sp³-hybridized carbons (Fsp3) is 0.273. The predicted molar refractivity (Wildman–Crippen MR) is 105 cm³/mol. The average molecular weight is 358 g/mol. The summed E-state index contributed by atoms with van der Waals surface area (Å²) in [5, 5.41) is 3.52. The van der Waals surface area contributed by atoms with Gasteiger partial charge in [0, 0.05) is 26.7 Å². The average Bonchev–Trinajstić information content (AvgIpc) is 3.06. The van der Waals surface area contributed by atoms with Crippen molar-refractivity contribution in [1.82, 2.24) is 15.1 Å². The van der Waals surface area contributed by atoms with E-state index in [0.717, 1.165) is 12.1 Å². The molecule has 2 aliphatic rings. The van der Waals surface area contributed by atoms with Crippen LogP contribution in [0.2, 0.25) is 0 Å². The van der Waals surface area contributed by atoms with Crippen LogP contribution in [0.25, 0.3) is 4.85 Å². The molecule has 4 rings (SSSR count). The summed E-state index contributed by atoms with van der Waals surface area (Å²) in [5.41, 5.74) is 2.22. The third kappa shape index (κ3) is 2.88. The third-order valence-corrected chi connectivity index (χ3v) is 5.65. The predicted octanol–water partition coefficient (Wildman–Crippen LogP) is 3.10. The van der Waals surface area contributed by atoms with Crippen molar-refractivity contribution in [2.45, 2.75) is 12.1 Å². The van der Waals surface area contributed by atoms with E-state index in [2.05, 4.69) is 33.8 Å². The molecule has 0 aromatic heterocycles. The lowest BCUT2D eigenvalue weighted by atomic mass is 9.78. The molecule has 136 valence electrons. The van der Waals surface area contributed by atoms with Gasteiger partial charge in [-0.15, -0.1) is 0 Å². The summed E-state index contributed by atoms with van der Waals surface area (Å²) in [6.45, 7) is 13.5. The van der Waals surface area contributed by atoms with Crippen LogP contribution < -0.4 is 5.32 Å². The van der Waals surface area contributed by atoms with Gasteiger partial charge in [0.15, 0.2) is 5.69 Å². The Labute approximate surface area is 159 Å². The van der Waals surface area contributed by atoms with Gasteiger partial charge in [0.2, 0.25) is 5.91 Å². The summed E-state index contributed by atoms with van der Waals surface area (Å²) in [6.07, 6.45) is 0. The molecular formula is C22H22N4O. The number of nitrogens with zero attached hydrogens (tertiary/aromatic N) is 3.